The smallest absolute Gasteiger partial charge is 0.265 e. The van der Waals surface area contributed by atoms with Gasteiger partial charge in [0.2, 0.25) is 0 Å². The van der Waals surface area contributed by atoms with E-state index in [4.69, 9.17) is 22.3 Å². The average molecular weight is 575 g/mol. The monoisotopic (exact) mass is 574 g/mol. The molecule has 208 valence electrons. The van der Waals surface area contributed by atoms with Crippen LogP contribution < -0.4 is 16.6 Å². The molecule has 40 heavy (non-hydrogen) atoms. The Bertz CT molecular complexity index is 1560. The van der Waals surface area contributed by atoms with Crippen LogP contribution in [0.15, 0.2) is 58.7 Å². The zero-order valence-corrected chi connectivity index (χ0v) is 24.7. The van der Waals surface area contributed by atoms with E-state index < -0.39 is 0 Å². The van der Waals surface area contributed by atoms with Crippen molar-refractivity contribution in [2.45, 2.75) is 71.4 Å². The van der Waals surface area contributed by atoms with E-state index in [0.717, 1.165) is 66.6 Å². The average Bonchev–Trinajstić information content (AvgIpc) is 3.44. The summed E-state index contributed by atoms with van der Waals surface area (Å²) < 4.78 is 1.74. The van der Waals surface area contributed by atoms with Crippen LogP contribution in [0.3, 0.4) is 0 Å². The third kappa shape index (κ3) is 5.64. The maximum absolute atomic E-state index is 14.3. The van der Waals surface area contributed by atoms with Crippen molar-refractivity contribution >= 4 is 28.8 Å². The second-order valence-electron chi connectivity index (χ2n) is 10.5. The summed E-state index contributed by atoms with van der Waals surface area (Å²) in [6.07, 6.45) is 5.03. The van der Waals surface area contributed by atoms with E-state index in [-0.39, 0.29) is 23.6 Å². The Morgan fingerprint density at radius 2 is 1.73 bits per heavy atom. The van der Waals surface area contributed by atoms with Crippen molar-refractivity contribution in [2.75, 3.05) is 0 Å². The van der Waals surface area contributed by atoms with Crippen molar-refractivity contribution < 1.29 is 4.79 Å². The van der Waals surface area contributed by atoms with Crippen LogP contribution in [0.25, 0.3) is 27.5 Å². The number of hydrogen-bond acceptors (Lipinski definition) is 5. The van der Waals surface area contributed by atoms with Gasteiger partial charge in [-0.25, -0.2) is 4.98 Å². The van der Waals surface area contributed by atoms with Crippen LogP contribution in [0, 0.1) is 6.92 Å². The molecule has 2 aromatic carbocycles. The third-order valence-electron chi connectivity index (χ3n) is 7.86. The van der Waals surface area contributed by atoms with Gasteiger partial charge in [-0.3, -0.25) is 14.2 Å². The maximum Gasteiger partial charge on any atom is 0.265 e. The number of nitrogens with zero attached hydrogens (tertiary/aromatic N) is 2. The Morgan fingerprint density at radius 3 is 2.35 bits per heavy atom. The van der Waals surface area contributed by atoms with Gasteiger partial charge in [0.15, 0.2) is 0 Å². The molecule has 0 unspecified atom stereocenters. The van der Waals surface area contributed by atoms with E-state index in [9.17, 15) is 9.59 Å². The number of carbonyl (C=O) groups is 1. The van der Waals surface area contributed by atoms with Gasteiger partial charge >= 0.3 is 0 Å². The predicted molar refractivity (Wildman–Crippen MR) is 165 cm³/mol. The van der Waals surface area contributed by atoms with Crippen LogP contribution in [0.5, 0.6) is 0 Å². The molecule has 1 amide bonds. The maximum atomic E-state index is 14.3. The van der Waals surface area contributed by atoms with Crippen LogP contribution >= 0.6 is 22.9 Å². The summed E-state index contributed by atoms with van der Waals surface area (Å²) in [5.74, 6) is -0.172. The minimum absolute atomic E-state index is 0.0704. The lowest BCUT2D eigenvalue weighted by Crippen LogP contribution is -2.41. The standard InChI is InChI=1S/C32H35ClN4O2S/c1-4-20-7-6-8-21(5-2)29(20)37-19(3)26(30(38)35-25-15-13-24(34)14-16-25)17-27(32(37)39)31-36-28(18-40-31)22-9-11-23(33)12-10-22/h6-12,17-18,24-25H,4-5,13-16,34H2,1-3H3,(H,35,38). The van der Waals surface area contributed by atoms with E-state index >= 15 is 0 Å². The van der Waals surface area contributed by atoms with Crippen molar-refractivity contribution in [3.05, 3.63) is 91.7 Å². The summed E-state index contributed by atoms with van der Waals surface area (Å²) >= 11 is 7.48. The van der Waals surface area contributed by atoms with Crippen LogP contribution in [0.1, 0.15) is 66.7 Å². The molecule has 2 heterocycles. The van der Waals surface area contributed by atoms with Gasteiger partial charge in [-0.2, -0.15) is 0 Å². The van der Waals surface area contributed by atoms with Crippen LogP contribution in [0.4, 0.5) is 0 Å². The van der Waals surface area contributed by atoms with E-state index in [0.29, 0.717) is 26.9 Å². The highest BCUT2D eigenvalue weighted by Gasteiger charge is 2.26. The Labute approximate surface area is 244 Å². The molecule has 5 rings (SSSR count). The predicted octanol–water partition coefficient (Wildman–Crippen LogP) is 6.71. The van der Waals surface area contributed by atoms with Gasteiger partial charge in [0, 0.05) is 33.7 Å². The first-order valence-corrected chi connectivity index (χ1v) is 15.2. The highest BCUT2D eigenvalue weighted by atomic mass is 35.5. The Balaban J connectivity index is 1.67. The number of nitrogens with two attached hydrogens (primary N) is 1. The molecule has 0 bridgehead atoms. The lowest BCUT2D eigenvalue weighted by atomic mass is 9.91. The molecule has 1 aliphatic rings. The van der Waals surface area contributed by atoms with Crippen molar-refractivity contribution in [1.29, 1.82) is 0 Å². The lowest BCUT2D eigenvalue weighted by molar-refractivity contribution is 0.0924. The SMILES string of the molecule is CCc1cccc(CC)c1-n1c(C)c(C(=O)NC2CCC(N)CC2)cc(-c2nc(-c3ccc(Cl)cc3)cs2)c1=O. The van der Waals surface area contributed by atoms with E-state index in [2.05, 4.69) is 31.3 Å². The zero-order valence-electron chi connectivity index (χ0n) is 23.2. The largest absolute Gasteiger partial charge is 0.349 e. The molecular weight excluding hydrogens is 540 g/mol. The van der Waals surface area contributed by atoms with Gasteiger partial charge in [0.1, 0.15) is 5.01 Å². The molecule has 1 saturated carbocycles. The fourth-order valence-corrected chi connectivity index (χ4v) is 6.50. The van der Waals surface area contributed by atoms with Crippen LogP contribution in [-0.2, 0) is 12.8 Å². The van der Waals surface area contributed by atoms with E-state index in [1.54, 1.807) is 10.6 Å². The Kier molecular flexibility index (Phi) is 8.54. The number of rotatable bonds is 7. The molecule has 8 heteroatoms. The van der Waals surface area contributed by atoms with E-state index in [1.165, 1.54) is 11.3 Å². The summed E-state index contributed by atoms with van der Waals surface area (Å²) in [4.78, 5) is 32.9. The molecule has 2 aromatic heterocycles. The number of carbonyl (C=O) groups excluding carboxylic acids is 1. The fourth-order valence-electron chi connectivity index (χ4n) is 5.54. The molecule has 0 atom stereocenters. The number of amides is 1. The zero-order chi connectivity index (χ0) is 28.4. The van der Waals surface area contributed by atoms with Crippen molar-refractivity contribution in [2.24, 2.45) is 5.73 Å². The first-order chi connectivity index (χ1) is 19.3. The summed E-state index contributed by atoms with van der Waals surface area (Å²) in [5.41, 5.74) is 12.1. The molecule has 1 fully saturated rings. The van der Waals surface area contributed by atoms with Crippen molar-refractivity contribution in [3.63, 3.8) is 0 Å². The first kappa shape index (κ1) is 28.3. The molecule has 0 aliphatic heterocycles. The van der Waals surface area contributed by atoms with Crippen LogP contribution in [-0.4, -0.2) is 27.5 Å². The molecule has 0 radical (unpaired) electrons. The number of hydrogen-bond donors (Lipinski definition) is 2. The summed E-state index contributed by atoms with van der Waals surface area (Å²) in [7, 11) is 0. The molecule has 4 aromatic rings. The molecule has 0 spiro atoms. The fraction of sp³-hybridized carbons (Fsp3) is 0.344. The molecule has 1 aliphatic carbocycles. The summed E-state index contributed by atoms with van der Waals surface area (Å²) in [5, 5.41) is 6.39. The highest BCUT2D eigenvalue weighted by molar-refractivity contribution is 7.13. The Hall–Kier alpha value is -3.26. The number of aromatic nitrogens is 2. The number of para-hydroxylation sites is 1. The quantitative estimate of drug-likeness (QED) is 0.256. The molecule has 3 N–H and O–H groups in total. The summed E-state index contributed by atoms with van der Waals surface area (Å²) in [6.45, 7) is 6.04. The second-order valence-corrected chi connectivity index (χ2v) is 11.8. The first-order valence-electron chi connectivity index (χ1n) is 14.0. The summed E-state index contributed by atoms with van der Waals surface area (Å²) in [6, 6.07) is 15.6. The van der Waals surface area contributed by atoms with Crippen molar-refractivity contribution in [3.8, 4) is 27.5 Å². The number of thiazole rings is 1. The molecular formula is C32H35ClN4O2S. The molecule has 6 nitrogen and oxygen atoms in total. The van der Waals surface area contributed by atoms with Gasteiger partial charge in [-0.15, -0.1) is 11.3 Å². The second kappa shape index (κ2) is 12.1. The number of aryl methyl sites for hydroxylation is 2. The van der Waals surface area contributed by atoms with Gasteiger partial charge in [-0.05, 0) is 74.8 Å². The number of halogens is 1. The third-order valence-corrected chi connectivity index (χ3v) is 8.99. The van der Waals surface area contributed by atoms with Crippen LogP contribution in [0.2, 0.25) is 5.02 Å². The highest BCUT2D eigenvalue weighted by Crippen LogP contribution is 2.31. The minimum Gasteiger partial charge on any atom is -0.349 e. The lowest BCUT2D eigenvalue weighted by Gasteiger charge is -2.27. The molecule has 0 saturated heterocycles. The number of benzene rings is 2. The van der Waals surface area contributed by atoms with Gasteiger partial charge in [0.05, 0.1) is 22.5 Å². The number of nitrogens with one attached hydrogen (secondary N) is 1. The van der Waals surface area contributed by atoms with Gasteiger partial charge in [-0.1, -0.05) is 55.8 Å². The normalized spacial score (nSPS) is 17.1. The van der Waals surface area contributed by atoms with E-state index in [1.807, 2.05) is 42.6 Å². The Morgan fingerprint density at radius 1 is 1.07 bits per heavy atom. The topological polar surface area (TPSA) is 90.0 Å². The van der Waals surface area contributed by atoms with Crippen molar-refractivity contribution in [1.82, 2.24) is 14.9 Å². The van der Waals surface area contributed by atoms with Gasteiger partial charge in [0.25, 0.3) is 11.5 Å². The van der Waals surface area contributed by atoms with Gasteiger partial charge < -0.3 is 11.1 Å². The minimum atomic E-state index is -0.176. The number of pyridine rings is 1.